The van der Waals surface area contributed by atoms with Crippen molar-refractivity contribution in [1.82, 2.24) is 24.8 Å². The predicted octanol–water partition coefficient (Wildman–Crippen LogP) is 0.308. The second kappa shape index (κ2) is 4.20. The Morgan fingerprint density at radius 2 is 2.26 bits per heavy atom. The largest absolute Gasteiger partial charge is 0.382 e. The van der Waals surface area contributed by atoms with Gasteiger partial charge >= 0.3 is 0 Å². The van der Waals surface area contributed by atoms with Crippen LogP contribution in [0.5, 0.6) is 0 Å². The minimum Gasteiger partial charge on any atom is -0.382 e. The number of nitrogens with one attached hydrogen (secondary N) is 1. The molecular weight excluding hydrogens is 244 g/mol. The van der Waals surface area contributed by atoms with Gasteiger partial charge in [-0.05, 0) is 12.1 Å². The topological polar surface area (TPSA) is 98.7 Å². The molecule has 7 heteroatoms. The molecule has 19 heavy (non-hydrogen) atoms. The summed E-state index contributed by atoms with van der Waals surface area (Å²) >= 11 is 0. The second-order valence-corrected chi connectivity index (χ2v) is 4.11. The van der Waals surface area contributed by atoms with Crippen LogP contribution < -0.4 is 11.1 Å². The first-order chi connectivity index (χ1) is 9.20. The zero-order valence-corrected chi connectivity index (χ0v) is 10.3. The Bertz CT molecular complexity index is 778. The monoisotopic (exact) mass is 256 g/mol. The number of hydrogen-bond acceptors (Lipinski definition) is 5. The van der Waals surface area contributed by atoms with Crippen LogP contribution in [0, 0.1) is 0 Å². The van der Waals surface area contributed by atoms with Crippen molar-refractivity contribution in [2.75, 3.05) is 12.8 Å². The lowest BCUT2D eigenvalue weighted by Crippen LogP contribution is -2.23. The number of pyridine rings is 2. The summed E-state index contributed by atoms with van der Waals surface area (Å²) < 4.78 is 1.72. The molecule has 0 radical (unpaired) electrons. The molecule has 3 heterocycles. The first kappa shape index (κ1) is 11.4. The van der Waals surface area contributed by atoms with Gasteiger partial charge in [-0.25, -0.2) is 9.97 Å². The van der Waals surface area contributed by atoms with Gasteiger partial charge in [-0.1, -0.05) is 0 Å². The molecule has 0 spiro atoms. The van der Waals surface area contributed by atoms with E-state index >= 15 is 0 Å². The summed E-state index contributed by atoms with van der Waals surface area (Å²) in [5, 5.41) is 2.58. The lowest BCUT2D eigenvalue weighted by molar-refractivity contribution is -0.121. The fourth-order valence-corrected chi connectivity index (χ4v) is 2.02. The van der Waals surface area contributed by atoms with E-state index in [0.717, 1.165) is 5.52 Å². The van der Waals surface area contributed by atoms with Crippen LogP contribution in [0.4, 0.5) is 5.82 Å². The number of nitrogen functional groups attached to an aromatic ring is 1. The summed E-state index contributed by atoms with van der Waals surface area (Å²) in [6.07, 6.45) is 3.25. The molecule has 3 rings (SSSR count). The normalized spacial score (nSPS) is 11.0. The van der Waals surface area contributed by atoms with Crippen molar-refractivity contribution >= 4 is 33.8 Å². The first-order valence-electron chi connectivity index (χ1n) is 5.76. The Hall–Kier alpha value is -2.70. The number of fused-ring (bicyclic) bond motifs is 3. The number of rotatable bonds is 2. The van der Waals surface area contributed by atoms with E-state index in [4.69, 9.17) is 5.73 Å². The van der Waals surface area contributed by atoms with Gasteiger partial charge in [0.1, 0.15) is 23.1 Å². The van der Waals surface area contributed by atoms with Gasteiger partial charge in [0.05, 0.1) is 11.8 Å². The molecule has 1 amide bonds. The summed E-state index contributed by atoms with van der Waals surface area (Å²) in [6, 6.07) is 3.62. The number of aromatic nitrogens is 4. The summed E-state index contributed by atoms with van der Waals surface area (Å²) in [5.74, 6) is 0.227. The van der Waals surface area contributed by atoms with Gasteiger partial charge in [0.15, 0.2) is 5.82 Å². The molecule has 96 valence electrons. The number of carbonyl (C=O) groups excluding carboxylic acids is 1. The van der Waals surface area contributed by atoms with Crippen molar-refractivity contribution in [1.29, 1.82) is 0 Å². The zero-order chi connectivity index (χ0) is 13.4. The highest BCUT2D eigenvalue weighted by Gasteiger charge is 2.14. The SMILES string of the molecule is CNC(=O)Cn1cnc2c(N)nc3cccnc3c21. The van der Waals surface area contributed by atoms with E-state index in [1.54, 1.807) is 30.2 Å². The zero-order valence-electron chi connectivity index (χ0n) is 10.3. The van der Waals surface area contributed by atoms with E-state index in [9.17, 15) is 4.79 Å². The Morgan fingerprint density at radius 3 is 3.05 bits per heavy atom. The number of amides is 1. The fraction of sp³-hybridized carbons (Fsp3) is 0.167. The number of likely N-dealkylation sites (N-methyl/N-ethyl adjacent to an activating group) is 1. The van der Waals surface area contributed by atoms with E-state index in [1.807, 2.05) is 6.07 Å². The Balaban J connectivity index is 2.33. The third-order valence-corrected chi connectivity index (χ3v) is 2.92. The van der Waals surface area contributed by atoms with Crippen LogP contribution in [0.1, 0.15) is 0 Å². The number of nitrogens with zero attached hydrogens (tertiary/aromatic N) is 4. The molecule has 0 aliphatic rings. The molecule has 0 saturated carbocycles. The summed E-state index contributed by atoms with van der Waals surface area (Å²) in [4.78, 5) is 24.3. The van der Waals surface area contributed by atoms with Gasteiger partial charge < -0.3 is 15.6 Å². The lowest BCUT2D eigenvalue weighted by Gasteiger charge is -2.06. The highest BCUT2D eigenvalue weighted by atomic mass is 16.1. The molecule has 7 nitrogen and oxygen atoms in total. The third-order valence-electron chi connectivity index (χ3n) is 2.92. The van der Waals surface area contributed by atoms with Crippen LogP contribution in [-0.2, 0) is 11.3 Å². The molecule has 0 fully saturated rings. The maximum atomic E-state index is 11.5. The number of carbonyl (C=O) groups is 1. The molecule has 3 aromatic rings. The summed E-state index contributed by atoms with van der Waals surface area (Å²) in [5.41, 5.74) is 8.55. The third kappa shape index (κ3) is 1.75. The minimum atomic E-state index is -0.112. The molecule has 3 N–H and O–H groups in total. The van der Waals surface area contributed by atoms with Crippen molar-refractivity contribution < 1.29 is 4.79 Å². The molecule has 0 bridgehead atoms. The van der Waals surface area contributed by atoms with Crippen molar-refractivity contribution in [3.05, 3.63) is 24.7 Å². The van der Waals surface area contributed by atoms with E-state index in [0.29, 0.717) is 22.4 Å². The average Bonchev–Trinajstić information content (AvgIpc) is 2.83. The van der Waals surface area contributed by atoms with E-state index in [2.05, 4.69) is 20.3 Å². The number of nitrogens with two attached hydrogens (primary N) is 1. The molecule has 0 atom stereocenters. The molecular formula is C12H12N6O. The molecule has 0 aliphatic heterocycles. The van der Waals surface area contributed by atoms with E-state index < -0.39 is 0 Å². The van der Waals surface area contributed by atoms with Crippen LogP contribution in [0.3, 0.4) is 0 Å². The van der Waals surface area contributed by atoms with Gasteiger partial charge in [-0.2, -0.15) is 0 Å². The van der Waals surface area contributed by atoms with Gasteiger partial charge in [-0.15, -0.1) is 0 Å². The summed E-state index contributed by atoms with van der Waals surface area (Å²) in [6.45, 7) is 0.169. The van der Waals surface area contributed by atoms with E-state index in [-0.39, 0.29) is 12.5 Å². The van der Waals surface area contributed by atoms with Crippen molar-refractivity contribution in [2.45, 2.75) is 6.54 Å². The Labute approximate surface area is 108 Å². The Kier molecular flexibility index (Phi) is 2.52. The van der Waals surface area contributed by atoms with Gasteiger partial charge in [0, 0.05) is 13.2 Å². The molecule has 0 saturated heterocycles. The lowest BCUT2D eigenvalue weighted by atomic mass is 10.2. The van der Waals surface area contributed by atoms with Crippen LogP contribution in [-0.4, -0.2) is 32.5 Å². The minimum absolute atomic E-state index is 0.112. The standard InChI is InChI=1S/C12H12N6O/c1-14-8(19)5-18-6-16-10-11(18)9-7(17-12(10)13)3-2-4-15-9/h2-4,6H,5H2,1H3,(H2,13,17)(H,14,19). The van der Waals surface area contributed by atoms with Crippen molar-refractivity contribution in [3.8, 4) is 0 Å². The fourth-order valence-electron chi connectivity index (χ4n) is 2.02. The van der Waals surface area contributed by atoms with Crippen molar-refractivity contribution in [3.63, 3.8) is 0 Å². The number of hydrogen-bond donors (Lipinski definition) is 2. The predicted molar refractivity (Wildman–Crippen MR) is 71.3 cm³/mol. The van der Waals surface area contributed by atoms with Gasteiger partial charge in [-0.3, -0.25) is 9.78 Å². The highest BCUT2D eigenvalue weighted by Crippen LogP contribution is 2.25. The van der Waals surface area contributed by atoms with Gasteiger partial charge in [0.25, 0.3) is 0 Å². The maximum absolute atomic E-state index is 11.5. The molecule has 0 unspecified atom stereocenters. The quantitative estimate of drug-likeness (QED) is 0.687. The molecule has 0 aromatic carbocycles. The smallest absolute Gasteiger partial charge is 0.239 e. The Morgan fingerprint density at radius 1 is 1.42 bits per heavy atom. The maximum Gasteiger partial charge on any atom is 0.239 e. The number of imidazole rings is 1. The van der Waals surface area contributed by atoms with Crippen LogP contribution in [0.15, 0.2) is 24.7 Å². The van der Waals surface area contributed by atoms with Crippen molar-refractivity contribution in [2.24, 2.45) is 0 Å². The van der Waals surface area contributed by atoms with E-state index in [1.165, 1.54) is 0 Å². The van der Waals surface area contributed by atoms with Crippen LogP contribution >= 0.6 is 0 Å². The second-order valence-electron chi connectivity index (χ2n) is 4.11. The highest BCUT2D eigenvalue weighted by molar-refractivity contribution is 6.04. The first-order valence-corrected chi connectivity index (χ1v) is 5.76. The number of anilines is 1. The van der Waals surface area contributed by atoms with Gasteiger partial charge in [0.2, 0.25) is 5.91 Å². The molecule has 3 aromatic heterocycles. The summed E-state index contributed by atoms with van der Waals surface area (Å²) in [7, 11) is 1.59. The van der Waals surface area contributed by atoms with Crippen LogP contribution in [0.2, 0.25) is 0 Å². The van der Waals surface area contributed by atoms with Crippen LogP contribution in [0.25, 0.3) is 22.1 Å². The average molecular weight is 256 g/mol. The molecule has 0 aliphatic carbocycles.